The van der Waals surface area contributed by atoms with Crippen LogP contribution in [0, 0.1) is 11.7 Å². The minimum absolute atomic E-state index is 0.0657. The number of benzene rings is 2. The molecule has 1 heterocycles. The smallest absolute Gasteiger partial charge is 0.254 e. The van der Waals surface area contributed by atoms with Gasteiger partial charge in [-0.1, -0.05) is 49.7 Å². The van der Waals surface area contributed by atoms with E-state index >= 15 is 0 Å². The van der Waals surface area contributed by atoms with E-state index < -0.39 is 5.82 Å². The molecule has 0 aliphatic rings. The Morgan fingerprint density at radius 3 is 2.47 bits per heavy atom. The second kappa shape index (κ2) is 11.8. The highest BCUT2D eigenvalue weighted by Gasteiger charge is 2.23. The SMILES string of the molecule is CCN(CC(=O)N(Cc1cccn1Cc1ccccc1Cl)CC(C)C)C(=O)c1cccc(F)c1. The monoisotopic (exact) mass is 483 g/mol. The van der Waals surface area contributed by atoms with Crippen LogP contribution in [-0.4, -0.2) is 45.8 Å². The molecule has 0 bridgehead atoms. The quantitative estimate of drug-likeness (QED) is 0.383. The molecule has 0 atom stereocenters. The molecular weight excluding hydrogens is 453 g/mol. The van der Waals surface area contributed by atoms with Gasteiger partial charge in [0.1, 0.15) is 12.4 Å². The van der Waals surface area contributed by atoms with Crippen molar-refractivity contribution in [2.75, 3.05) is 19.6 Å². The van der Waals surface area contributed by atoms with Crippen LogP contribution >= 0.6 is 11.6 Å². The molecule has 0 saturated carbocycles. The number of carbonyl (C=O) groups is 2. The number of carbonyl (C=O) groups excluding carboxylic acids is 2. The van der Waals surface area contributed by atoms with Gasteiger partial charge in [-0.2, -0.15) is 0 Å². The minimum Gasteiger partial charge on any atom is -0.345 e. The van der Waals surface area contributed by atoms with Crippen LogP contribution in [0.1, 0.15) is 42.4 Å². The van der Waals surface area contributed by atoms with E-state index in [4.69, 9.17) is 11.6 Å². The van der Waals surface area contributed by atoms with Crippen LogP contribution in [0.25, 0.3) is 0 Å². The Morgan fingerprint density at radius 2 is 1.79 bits per heavy atom. The van der Waals surface area contributed by atoms with Crippen molar-refractivity contribution in [3.05, 3.63) is 94.5 Å². The van der Waals surface area contributed by atoms with Gasteiger partial charge < -0.3 is 14.4 Å². The van der Waals surface area contributed by atoms with Crippen LogP contribution < -0.4 is 0 Å². The van der Waals surface area contributed by atoms with Gasteiger partial charge in [0, 0.05) is 42.1 Å². The molecule has 5 nitrogen and oxygen atoms in total. The van der Waals surface area contributed by atoms with E-state index in [1.807, 2.05) is 49.5 Å². The molecule has 34 heavy (non-hydrogen) atoms. The number of nitrogens with zero attached hydrogens (tertiary/aromatic N) is 3. The Balaban J connectivity index is 1.76. The summed E-state index contributed by atoms with van der Waals surface area (Å²) in [7, 11) is 0. The van der Waals surface area contributed by atoms with Crippen molar-refractivity contribution < 1.29 is 14.0 Å². The number of amides is 2. The third-order valence-corrected chi connectivity index (χ3v) is 5.95. The summed E-state index contributed by atoms with van der Waals surface area (Å²) in [6.45, 7) is 7.78. The predicted octanol–water partition coefficient (Wildman–Crippen LogP) is 5.48. The maximum absolute atomic E-state index is 13.6. The molecule has 0 fully saturated rings. The van der Waals surface area contributed by atoms with Crippen LogP contribution in [0.4, 0.5) is 4.39 Å². The first kappa shape index (κ1) is 25.5. The number of likely N-dealkylation sites (N-methyl/N-ethyl adjacent to an activating group) is 1. The fourth-order valence-corrected chi connectivity index (χ4v) is 4.04. The fraction of sp³-hybridized carbons (Fsp3) is 0.333. The summed E-state index contributed by atoms with van der Waals surface area (Å²) < 4.78 is 15.7. The molecule has 0 spiro atoms. The molecule has 0 saturated heterocycles. The van der Waals surface area contributed by atoms with E-state index in [2.05, 4.69) is 18.4 Å². The van der Waals surface area contributed by atoms with Crippen LogP contribution in [-0.2, 0) is 17.9 Å². The lowest BCUT2D eigenvalue weighted by Crippen LogP contribution is -2.44. The summed E-state index contributed by atoms with van der Waals surface area (Å²) in [5.74, 6) is -0.730. The van der Waals surface area contributed by atoms with Gasteiger partial charge in [-0.3, -0.25) is 9.59 Å². The van der Waals surface area contributed by atoms with Crippen molar-refractivity contribution in [2.24, 2.45) is 5.92 Å². The number of halogens is 2. The Hall–Kier alpha value is -3.12. The summed E-state index contributed by atoms with van der Waals surface area (Å²) in [4.78, 5) is 29.4. The van der Waals surface area contributed by atoms with Gasteiger partial charge in [0.2, 0.25) is 5.91 Å². The number of rotatable bonds is 10. The maximum atomic E-state index is 13.6. The number of hydrogen-bond acceptors (Lipinski definition) is 2. The molecule has 1 aromatic heterocycles. The molecule has 0 radical (unpaired) electrons. The molecule has 3 rings (SSSR count). The molecule has 0 aliphatic heterocycles. The Bertz CT molecular complexity index is 1130. The molecule has 180 valence electrons. The van der Waals surface area contributed by atoms with Gasteiger partial charge in [-0.05, 0) is 54.8 Å². The second-order valence-corrected chi connectivity index (χ2v) is 9.12. The van der Waals surface area contributed by atoms with Gasteiger partial charge in [0.05, 0.1) is 6.54 Å². The van der Waals surface area contributed by atoms with Crippen molar-refractivity contribution in [2.45, 2.75) is 33.9 Å². The summed E-state index contributed by atoms with van der Waals surface area (Å²) in [5.41, 5.74) is 2.22. The molecule has 2 aromatic carbocycles. The molecule has 3 aromatic rings. The van der Waals surface area contributed by atoms with Crippen molar-refractivity contribution >= 4 is 23.4 Å². The molecular formula is C27H31ClFN3O2. The second-order valence-electron chi connectivity index (χ2n) is 8.72. The average molecular weight is 484 g/mol. The third kappa shape index (κ3) is 6.70. The average Bonchev–Trinajstić information content (AvgIpc) is 3.24. The standard InChI is InChI=1S/C27H31ClFN3O2/c1-4-30(27(34)21-10-7-11-23(29)15-21)19-26(33)32(16-20(2)3)18-24-12-8-14-31(24)17-22-9-5-6-13-25(22)28/h5-15,20H,4,16-19H2,1-3H3. The first-order valence-electron chi connectivity index (χ1n) is 11.5. The lowest BCUT2D eigenvalue weighted by molar-refractivity contribution is -0.133. The summed E-state index contributed by atoms with van der Waals surface area (Å²) >= 11 is 6.34. The number of hydrogen-bond donors (Lipinski definition) is 0. The molecule has 0 aliphatic carbocycles. The maximum Gasteiger partial charge on any atom is 0.254 e. The topological polar surface area (TPSA) is 45.6 Å². The fourth-order valence-electron chi connectivity index (χ4n) is 3.84. The van der Waals surface area contributed by atoms with Gasteiger partial charge in [0.25, 0.3) is 5.91 Å². The van der Waals surface area contributed by atoms with Crippen molar-refractivity contribution in [3.63, 3.8) is 0 Å². The lowest BCUT2D eigenvalue weighted by atomic mass is 10.1. The van der Waals surface area contributed by atoms with Gasteiger partial charge >= 0.3 is 0 Å². The van der Waals surface area contributed by atoms with Crippen LogP contribution in [0.15, 0.2) is 66.9 Å². The minimum atomic E-state index is -0.478. The molecule has 7 heteroatoms. The van der Waals surface area contributed by atoms with Crippen molar-refractivity contribution in [1.29, 1.82) is 0 Å². The number of aromatic nitrogens is 1. The lowest BCUT2D eigenvalue weighted by Gasteiger charge is -2.29. The molecule has 0 unspecified atom stereocenters. The summed E-state index contributed by atoms with van der Waals surface area (Å²) in [5, 5.41) is 0.701. The summed E-state index contributed by atoms with van der Waals surface area (Å²) in [6.07, 6.45) is 1.97. The largest absolute Gasteiger partial charge is 0.345 e. The zero-order valence-corrected chi connectivity index (χ0v) is 20.6. The van der Waals surface area contributed by atoms with Gasteiger partial charge in [0.15, 0.2) is 0 Å². The Kier molecular flexibility index (Phi) is 8.88. The molecule has 0 N–H and O–H groups in total. The first-order valence-corrected chi connectivity index (χ1v) is 11.9. The van der Waals surface area contributed by atoms with Crippen LogP contribution in [0.2, 0.25) is 5.02 Å². The zero-order valence-electron chi connectivity index (χ0n) is 19.9. The van der Waals surface area contributed by atoms with Gasteiger partial charge in [-0.15, -0.1) is 0 Å². The normalized spacial score (nSPS) is 11.0. The van der Waals surface area contributed by atoms with E-state index in [1.165, 1.54) is 23.1 Å². The van der Waals surface area contributed by atoms with Crippen molar-refractivity contribution in [1.82, 2.24) is 14.4 Å². The van der Waals surface area contributed by atoms with E-state index in [9.17, 15) is 14.0 Å². The highest BCUT2D eigenvalue weighted by molar-refractivity contribution is 6.31. The van der Waals surface area contributed by atoms with Crippen LogP contribution in [0.5, 0.6) is 0 Å². The Morgan fingerprint density at radius 1 is 1.03 bits per heavy atom. The third-order valence-electron chi connectivity index (χ3n) is 5.58. The van der Waals surface area contributed by atoms with E-state index in [-0.39, 0.29) is 29.8 Å². The predicted molar refractivity (Wildman–Crippen MR) is 133 cm³/mol. The highest BCUT2D eigenvalue weighted by atomic mass is 35.5. The highest BCUT2D eigenvalue weighted by Crippen LogP contribution is 2.19. The first-order chi connectivity index (χ1) is 16.3. The van der Waals surface area contributed by atoms with E-state index in [0.717, 1.165) is 11.3 Å². The van der Waals surface area contributed by atoms with Crippen LogP contribution in [0.3, 0.4) is 0 Å². The molecule has 2 amide bonds. The van der Waals surface area contributed by atoms with Gasteiger partial charge in [-0.25, -0.2) is 4.39 Å². The summed E-state index contributed by atoms with van der Waals surface area (Å²) in [6, 6.07) is 17.2. The Labute approximate surface area is 205 Å². The van der Waals surface area contributed by atoms with Crippen molar-refractivity contribution in [3.8, 4) is 0 Å². The zero-order chi connectivity index (χ0) is 24.7. The van der Waals surface area contributed by atoms with E-state index in [1.54, 1.807) is 11.0 Å². The van der Waals surface area contributed by atoms with E-state index in [0.29, 0.717) is 31.2 Å².